The molecule has 1 aromatic heterocycles. The zero-order chi connectivity index (χ0) is 15.2. The van der Waals surface area contributed by atoms with Crippen LogP contribution in [0.15, 0.2) is 24.3 Å². The molecule has 0 saturated carbocycles. The van der Waals surface area contributed by atoms with E-state index in [-0.39, 0.29) is 24.7 Å². The Morgan fingerprint density at radius 3 is 2.76 bits per heavy atom. The summed E-state index contributed by atoms with van der Waals surface area (Å²) in [6, 6.07) is 7.88. The highest BCUT2D eigenvalue weighted by Gasteiger charge is 2.14. The van der Waals surface area contributed by atoms with Crippen molar-refractivity contribution in [2.24, 2.45) is 0 Å². The van der Waals surface area contributed by atoms with Gasteiger partial charge in [-0.2, -0.15) is 0 Å². The fourth-order valence-electron chi connectivity index (χ4n) is 1.91. The van der Waals surface area contributed by atoms with Gasteiger partial charge in [0, 0.05) is 13.5 Å². The van der Waals surface area contributed by atoms with E-state index in [1.54, 1.807) is 30.2 Å². The topological polar surface area (TPSA) is 59.5 Å². The normalized spacial score (nSPS) is 10.6. The number of ether oxygens (including phenoxy) is 1. The molecule has 0 aliphatic carbocycles. The van der Waals surface area contributed by atoms with Crippen molar-refractivity contribution in [3.8, 4) is 0 Å². The Hall–Kier alpha value is -1.95. The smallest absolute Gasteiger partial charge is 0.306 e. The molecule has 2 aromatic rings. The second-order valence-electron chi connectivity index (χ2n) is 4.63. The molecule has 0 aliphatic heterocycles. The molecule has 0 aliphatic rings. The van der Waals surface area contributed by atoms with E-state index in [9.17, 15) is 9.59 Å². The molecule has 0 bridgehead atoms. The SMILES string of the molecule is CCOC(=O)CCC(=O)N(C)Cc1nc2ccccc2s1. The van der Waals surface area contributed by atoms with Crippen molar-refractivity contribution < 1.29 is 14.3 Å². The van der Waals surface area contributed by atoms with Gasteiger partial charge in [0.25, 0.3) is 0 Å². The van der Waals surface area contributed by atoms with Gasteiger partial charge >= 0.3 is 5.97 Å². The fourth-order valence-corrected chi connectivity index (χ4v) is 2.93. The number of nitrogens with zero attached hydrogens (tertiary/aromatic N) is 2. The Bertz CT molecular complexity index is 606. The summed E-state index contributed by atoms with van der Waals surface area (Å²) in [4.78, 5) is 29.3. The third-order valence-electron chi connectivity index (χ3n) is 2.98. The number of rotatable bonds is 6. The van der Waals surface area contributed by atoms with Crippen LogP contribution in [0.5, 0.6) is 0 Å². The fraction of sp³-hybridized carbons (Fsp3) is 0.400. The van der Waals surface area contributed by atoms with Gasteiger partial charge in [-0.05, 0) is 19.1 Å². The van der Waals surface area contributed by atoms with Gasteiger partial charge in [-0.3, -0.25) is 9.59 Å². The summed E-state index contributed by atoms with van der Waals surface area (Å²) in [5.41, 5.74) is 0.949. The van der Waals surface area contributed by atoms with Crippen molar-refractivity contribution >= 4 is 33.4 Å². The standard InChI is InChI=1S/C15H18N2O3S/c1-3-20-15(19)9-8-14(18)17(2)10-13-16-11-6-4-5-7-12(11)21-13/h4-7H,3,8-10H2,1-2H3. The molecule has 0 atom stereocenters. The van der Waals surface area contributed by atoms with Crippen LogP contribution in [-0.4, -0.2) is 35.4 Å². The molecule has 5 nitrogen and oxygen atoms in total. The van der Waals surface area contributed by atoms with Gasteiger partial charge in [0.1, 0.15) is 5.01 Å². The molecular formula is C15H18N2O3S. The summed E-state index contributed by atoms with van der Waals surface area (Å²) in [5.74, 6) is -0.415. The van der Waals surface area contributed by atoms with Gasteiger partial charge in [-0.25, -0.2) is 4.98 Å². The Labute approximate surface area is 127 Å². The van der Waals surface area contributed by atoms with Crippen LogP contribution in [0.25, 0.3) is 10.2 Å². The predicted octanol–water partition coefficient (Wildman–Crippen LogP) is 2.60. The van der Waals surface area contributed by atoms with Gasteiger partial charge in [-0.1, -0.05) is 12.1 Å². The molecule has 0 N–H and O–H groups in total. The first-order valence-corrected chi connectivity index (χ1v) is 7.66. The van der Waals surface area contributed by atoms with E-state index in [0.29, 0.717) is 13.2 Å². The Morgan fingerprint density at radius 1 is 1.29 bits per heavy atom. The number of para-hydroxylation sites is 1. The number of thiazole rings is 1. The number of esters is 1. The Balaban J connectivity index is 1.89. The van der Waals surface area contributed by atoms with Gasteiger partial charge in [0.15, 0.2) is 0 Å². The minimum atomic E-state index is -0.334. The number of carbonyl (C=O) groups excluding carboxylic acids is 2. The third-order valence-corrected chi connectivity index (χ3v) is 4.01. The molecule has 1 aromatic carbocycles. The summed E-state index contributed by atoms with van der Waals surface area (Å²) >= 11 is 1.58. The lowest BCUT2D eigenvalue weighted by Crippen LogP contribution is -2.26. The average Bonchev–Trinajstić information content (AvgIpc) is 2.87. The maximum absolute atomic E-state index is 12.0. The predicted molar refractivity (Wildman–Crippen MR) is 82.0 cm³/mol. The van der Waals surface area contributed by atoms with Crippen LogP contribution >= 0.6 is 11.3 Å². The quantitative estimate of drug-likeness (QED) is 0.770. The molecule has 0 fully saturated rings. The molecule has 1 heterocycles. The summed E-state index contributed by atoms with van der Waals surface area (Å²) in [7, 11) is 1.72. The number of hydrogen-bond donors (Lipinski definition) is 0. The van der Waals surface area contributed by atoms with Crippen molar-refractivity contribution in [1.82, 2.24) is 9.88 Å². The molecular weight excluding hydrogens is 288 g/mol. The molecule has 0 spiro atoms. The lowest BCUT2D eigenvalue weighted by atomic mass is 10.3. The maximum Gasteiger partial charge on any atom is 0.306 e. The molecule has 21 heavy (non-hydrogen) atoms. The van der Waals surface area contributed by atoms with E-state index in [4.69, 9.17) is 4.74 Å². The van der Waals surface area contributed by atoms with Crippen LogP contribution in [0.2, 0.25) is 0 Å². The van der Waals surface area contributed by atoms with Gasteiger partial charge in [0.2, 0.25) is 5.91 Å². The molecule has 0 saturated heterocycles. The number of amides is 1. The van der Waals surface area contributed by atoms with E-state index in [2.05, 4.69) is 4.98 Å². The van der Waals surface area contributed by atoms with Crippen LogP contribution in [0.3, 0.4) is 0 Å². The van der Waals surface area contributed by atoms with Gasteiger partial charge in [-0.15, -0.1) is 11.3 Å². The first-order chi connectivity index (χ1) is 10.1. The van der Waals surface area contributed by atoms with E-state index in [1.807, 2.05) is 24.3 Å². The molecule has 0 radical (unpaired) electrons. The lowest BCUT2D eigenvalue weighted by Gasteiger charge is -2.15. The summed E-state index contributed by atoms with van der Waals surface area (Å²) in [6.45, 7) is 2.55. The second-order valence-corrected chi connectivity index (χ2v) is 5.75. The number of carbonyl (C=O) groups is 2. The molecule has 112 valence electrons. The number of aromatic nitrogens is 1. The van der Waals surface area contributed by atoms with Crippen LogP contribution in [0, 0.1) is 0 Å². The number of benzene rings is 1. The van der Waals surface area contributed by atoms with Crippen molar-refractivity contribution in [3.05, 3.63) is 29.3 Å². The minimum Gasteiger partial charge on any atom is -0.466 e. The highest BCUT2D eigenvalue weighted by atomic mass is 32.1. The largest absolute Gasteiger partial charge is 0.466 e. The van der Waals surface area contributed by atoms with Gasteiger partial charge in [0.05, 0.1) is 29.8 Å². The summed E-state index contributed by atoms with van der Waals surface area (Å²) in [5, 5.41) is 0.892. The monoisotopic (exact) mass is 306 g/mol. The molecule has 2 rings (SSSR count). The zero-order valence-corrected chi connectivity index (χ0v) is 13.0. The zero-order valence-electron chi connectivity index (χ0n) is 12.2. The van der Waals surface area contributed by atoms with Crippen molar-refractivity contribution in [2.75, 3.05) is 13.7 Å². The van der Waals surface area contributed by atoms with Gasteiger partial charge < -0.3 is 9.64 Å². The number of hydrogen-bond acceptors (Lipinski definition) is 5. The van der Waals surface area contributed by atoms with Crippen molar-refractivity contribution in [3.63, 3.8) is 0 Å². The van der Waals surface area contributed by atoms with Crippen LogP contribution in [-0.2, 0) is 20.9 Å². The second kappa shape index (κ2) is 7.17. The molecule has 1 amide bonds. The molecule has 0 unspecified atom stereocenters. The van der Waals surface area contributed by atoms with Crippen molar-refractivity contribution in [1.29, 1.82) is 0 Å². The van der Waals surface area contributed by atoms with E-state index >= 15 is 0 Å². The first-order valence-electron chi connectivity index (χ1n) is 6.84. The van der Waals surface area contributed by atoms with E-state index in [0.717, 1.165) is 15.2 Å². The van der Waals surface area contributed by atoms with E-state index in [1.165, 1.54) is 0 Å². The summed E-state index contributed by atoms with van der Waals surface area (Å²) in [6.07, 6.45) is 0.289. The summed E-state index contributed by atoms with van der Waals surface area (Å²) < 4.78 is 5.92. The van der Waals surface area contributed by atoms with Crippen molar-refractivity contribution in [2.45, 2.75) is 26.3 Å². The third kappa shape index (κ3) is 4.26. The van der Waals surface area contributed by atoms with Crippen LogP contribution in [0.1, 0.15) is 24.8 Å². The van der Waals surface area contributed by atoms with Crippen LogP contribution in [0.4, 0.5) is 0 Å². The average molecular weight is 306 g/mol. The Kier molecular flexibility index (Phi) is 5.27. The highest BCUT2D eigenvalue weighted by Crippen LogP contribution is 2.22. The first kappa shape index (κ1) is 15.4. The lowest BCUT2D eigenvalue weighted by molar-refractivity contribution is -0.145. The van der Waals surface area contributed by atoms with E-state index < -0.39 is 0 Å². The maximum atomic E-state index is 12.0. The Morgan fingerprint density at radius 2 is 2.05 bits per heavy atom. The van der Waals surface area contributed by atoms with Crippen LogP contribution < -0.4 is 0 Å². The number of fused-ring (bicyclic) bond motifs is 1. The highest BCUT2D eigenvalue weighted by molar-refractivity contribution is 7.18. The molecule has 6 heteroatoms. The minimum absolute atomic E-state index is 0.0812.